The average molecular weight is 442 g/mol. The van der Waals surface area contributed by atoms with Gasteiger partial charge >= 0.3 is 0 Å². The molecule has 0 fully saturated rings. The molecule has 0 saturated heterocycles. The Balaban J connectivity index is 0.00000280. The van der Waals surface area contributed by atoms with Crippen LogP contribution in [-0.4, -0.2) is 42.0 Å². The van der Waals surface area contributed by atoms with E-state index in [1.54, 1.807) is 23.1 Å². The van der Waals surface area contributed by atoms with Crippen LogP contribution in [-0.2, 0) is 0 Å². The van der Waals surface area contributed by atoms with Crippen molar-refractivity contribution < 1.29 is 9.18 Å². The van der Waals surface area contributed by atoms with Crippen LogP contribution in [0.2, 0.25) is 5.02 Å². The van der Waals surface area contributed by atoms with Crippen LogP contribution in [0.15, 0.2) is 42.5 Å². The van der Waals surface area contributed by atoms with Crippen molar-refractivity contribution in [2.75, 3.05) is 31.1 Å². The SMILES string of the molecule is CCN(CC)CCN(C(=O)c1ccccc1F)c1nc2c(Cl)cccc2s1.Cl. The highest BCUT2D eigenvalue weighted by Crippen LogP contribution is 2.33. The van der Waals surface area contributed by atoms with Crippen LogP contribution in [0.1, 0.15) is 24.2 Å². The molecule has 1 aromatic heterocycles. The van der Waals surface area contributed by atoms with Crippen molar-refractivity contribution in [2.45, 2.75) is 13.8 Å². The van der Waals surface area contributed by atoms with Crippen LogP contribution in [0.3, 0.4) is 0 Å². The summed E-state index contributed by atoms with van der Waals surface area (Å²) in [5, 5.41) is 1.07. The summed E-state index contributed by atoms with van der Waals surface area (Å²) in [6.45, 7) is 7.00. The van der Waals surface area contributed by atoms with Gasteiger partial charge in [0, 0.05) is 13.1 Å². The lowest BCUT2D eigenvalue weighted by molar-refractivity contribution is 0.0980. The fourth-order valence-corrected chi connectivity index (χ4v) is 4.15. The van der Waals surface area contributed by atoms with E-state index in [-0.39, 0.29) is 18.0 Å². The minimum atomic E-state index is -0.533. The van der Waals surface area contributed by atoms with Gasteiger partial charge in [-0.1, -0.05) is 55.0 Å². The summed E-state index contributed by atoms with van der Waals surface area (Å²) in [5.74, 6) is -0.926. The van der Waals surface area contributed by atoms with Crippen molar-refractivity contribution in [3.63, 3.8) is 0 Å². The molecule has 0 aliphatic rings. The first-order chi connectivity index (χ1) is 13.0. The first kappa shape index (κ1) is 22.6. The summed E-state index contributed by atoms with van der Waals surface area (Å²) >= 11 is 7.63. The van der Waals surface area contributed by atoms with E-state index in [2.05, 4.69) is 23.7 Å². The van der Waals surface area contributed by atoms with E-state index in [0.29, 0.717) is 28.8 Å². The maximum absolute atomic E-state index is 14.2. The molecule has 0 unspecified atom stereocenters. The van der Waals surface area contributed by atoms with E-state index < -0.39 is 11.7 Å². The molecule has 0 atom stereocenters. The number of thiazole rings is 1. The number of benzene rings is 2. The molecule has 28 heavy (non-hydrogen) atoms. The van der Waals surface area contributed by atoms with Gasteiger partial charge in [0.2, 0.25) is 0 Å². The van der Waals surface area contributed by atoms with E-state index in [9.17, 15) is 9.18 Å². The number of halogens is 3. The molecule has 0 aliphatic heterocycles. The number of hydrogen-bond donors (Lipinski definition) is 0. The van der Waals surface area contributed by atoms with Gasteiger partial charge in [-0.05, 0) is 37.4 Å². The summed E-state index contributed by atoms with van der Waals surface area (Å²) in [4.78, 5) is 21.5. The molecule has 8 heteroatoms. The van der Waals surface area contributed by atoms with Gasteiger partial charge in [0.15, 0.2) is 5.13 Å². The lowest BCUT2D eigenvalue weighted by Gasteiger charge is -2.24. The number of fused-ring (bicyclic) bond motifs is 1. The smallest absolute Gasteiger partial charge is 0.263 e. The van der Waals surface area contributed by atoms with Crippen molar-refractivity contribution in [3.05, 3.63) is 58.9 Å². The largest absolute Gasteiger partial charge is 0.302 e. The first-order valence-electron chi connectivity index (χ1n) is 8.89. The van der Waals surface area contributed by atoms with Crippen molar-refractivity contribution in [1.29, 1.82) is 0 Å². The van der Waals surface area contributed by atoms with E-state index in [1.807, 2.05) is 12.1 Å². The van der Waals surface area contributed by atoms with Gasteiger partial charge < -0.3 is 4.90 Å². The summed E-state index contributed by atoms with van der Waals surface area (Å²) in [7, 11) is 0. The van der Waals surface area contributed by atoms with Gasteiger partial charge in [-0.25, -0.2) is 9.37 Å². The second-order valence-corrected chi connectivity index (χ2v) is 7.46. The standard InChI is InChI=1S/C20H21ClFN3OS.ClH/c1-3-24(4-2)12-13-25(19(26)14-8-5-6-10-16(14)22)20-23-18-15(21)9-7-11-17(18)27-20;/h5-11H,3-4,12-13H2,1-2H3;1H. The quantitative estimate of drug-likeness (QED) is 0.485. The van der Waals surface area contributed by atoms with Gasteiger partial charge in [0.25, 0.3) is 5.91 Å². The third-order valence-corrected chi connectivity index (χ3v) is 5.82. The van der Waals surface area contributed by atoms with Gasteiger partial charge in [0.1, 0.15) is 11.3 Å². The van der Waals surface area contributed by atoms with Crippen molar-refractivity contribution >= 4 is 56.6 Å². The molecule has 0 spiro atoms. The van der Waals surface area contributed by atoms with E-state index in [0.717, 1.165) is 17.8 Å². The highest BCUT2D eigenvalue weighted by Gasteiger charge is 2.24. The second kappa shape index (κ2) is 10.2. The Kier molecular flexibility index (Phi) is 8.19. The summed E-state index contributed by atoms with van der Waals surface area (Å²) in [6, 6.07) is 11.6. The zero-order valence-corrected chi connectivity index (χ0v) is 18.1. The lowest BCUT2D eigenvalue weighted by Crippen LogP contribution is -2.39. The molecule has 2 aromatic carbocycles. The minimum absolute atomic E-state index is 0. The summed E-state index contributed by atoms with van der Waals surface area (Å²) in [5.41, 5.74) is 0.704. The highest BCUT2D eigenvalue weighted by atomic mass is 35.5. The van der Waals surface area contributed by atoms with Gasteiger partial charge in [0.05, 0.1) is 15.3 Å². The molecule has 4 nitrogen and oxygen atoms in total. The number of para-hydroxylation sites is 1. The number of likely N-dealkylation sites (N-methyl/N-ethyl adjacent to an activating group) is 1. The number of aromatic nitrogens is 1. The number of nitrogens with zero attached hydrogens (tertiary/aromatic N) is 3. The predicted octanol–water partition coefficient (Wildman–Crippen LogP) is 5.50. The Hall–Kier alpha value is -1.73. The molecule has 150 valence electrons. The number of amides is 1. The van der Waals surface area contributed by atoms with Crippen LogP contribution in [0.25, 0.3) is 10.2 Å². The van der Waals surface area contributed by atoms with Gasteiger partial charge in [-0.2, -0.15) is 0 Å². The second-order valence-electron chi connectivity index (χ2n) is 6.05. The maximum Gasteiger partial charge on any atom is 0.263 e. The van der Waals surface area contributed by atoms with E-state index in [1.165, 1.54) is 23.5 Å². The molecule has 0 N–H and O–H groups in total. The number of carbonyl (C=O) groups excluding carboxylic acids is 1. The fraction of sp³-hybridized carbons (Fsp3) is 0.300. The van der Waals surface area contributed by atoms with Gasteiger partial charge in [-0.3, -0.25) is 9.69 Å². The Labute approximate surface area is 179 Å². The fourth-order valence-electron chi connectivity index (χ4n) is 2.86. The molecule has 3 rings (SSSR count). The highest BCUT2D eigenvalue weighted by molar-refractivity contribution is 7.22. The first-order valence-corrected chi connectivity index (χ1v) is 10.1. The molecular weight excluding hydrogens is 420 g/mol. The van der Waals surface area contributed by atoms with Crippen LogP contribution in [0.4, 0.5) is 9.52 Å². The Morgan fingerprint density at radius 1 is 1.11 bits per heavy atom. The zero-order valence-electron chi connectivity index (χ0n) is 15.7. The van der Waals surface area contributed by atoms with Crippen LogP contribution < -0.4 is 4.90 Å². The summed E-state index contributed by atoms with van der Waals surface area (Å²) in [6.07, 6.45) is 0. The lowest BCUT2D eigenvalue weighted by atomic mass is 10.2. The molecular formula is C20H22Cl2FN3OS. The molecule has 0 bridgehead atoms. The third-order valence-electron chi connectivity index (χ3n) is 4.47. The maximum atomic E-state index is 14.2. The zero-order chi connectivity index (χ0) is 19.4. The van der Waals surface area contributed by atoms with Crippen LogP contribution >= 0.6 is 35.3 Å². The van der Waals surface area contributed by atoms with Gasteiger partial charge in [-0.15, -0.1) is 12.4 Å². The van der Waals surface area contributed by atoms with E-state index in [4.69, 9.17) is 11.6 Å². The van der Waals surface area contributed by atoms with Crippen molar-refractivity contribution in [3.8, 4) is 0 Å². The average Bonchev–Trinajstić information content (AvgIpc) is 3.10. The van der Waals surface area contributed by atoms with Crippen molar-refractivity contribution in [2.24, 2.45) is 0 Å². The monoisotopic (exact) mass is 441 g/mol. The van der Waals surface area contributed by atoms with Crippen molar-refractivity contribution in [1.82, 2.24) is 9.88 Å². The summed E-state index contributed by atoms with van der Waals surface area (Å²) < 4.78 is 15.1. The van der Waals surface area contributed by atoms with Crippen LogP contribution in [0, 0.1) is 5.82 Å². The molecule has 1 amide bonds. The molecule has 3 aromatic rings. The van der Waals surface area contributed by atoms with Crippen LogP contribution in [0.5, 0.6) is 0 Å². The normalized spacial score (nSPS) is 10.9. The molecule has 1 heterocycles. The number of hydrogen-bond acceptors (Lipinski definition) is 4. The third kappa shape index (κ3) is 4.81. The number of anilines is 1. The van der Waals surface area contributed by atoms with E-state index >= 15 is 0 Å². The Bertz CT molecular complexity index is 946. The number of rotatable bonds is 7. The number of carbonyl (C=O) groups is 1. The molecule has 0 saturated carbocycles. The Morgan fingerprint density at radius 2 is 1.82 bits per heavy atom. The molecule has 0 radical (unpaired) electrons. The predicted molar refractivity (Wildman–Crippen MR) is 118 cm³/mol. The molecule has 0 aliphatic carbocycles. The minimum Gasteiger partial charge on any atom is -0.302 e. The Morgan fingerprint density at radius 3 is 2.46 bits per heavy atom. The topological polar surface area (TPSA) is 36.4 Å².